The summed E-state index contributed by atoms with van der Waals surface area (Å²) in [5.74, 6) is -1.18. The number of hydrogen-bond acceptors (Lipinski definition) is 3. The van der Waals surface area contributed by atoms with Gasteiger partial charge in [-0.1, -0.05) is 43.5 Å². The summed E-state index contributed by atoms with van der Waals surface area (Å²) in [6, 6.07) is 8.74. The molecule has 6 nitrogen and oxygen atoms in total. The number of carboxylic acids is 1. The lowest BCUT2D eigenvalue weighted by molar-refractivity contribution is -0.120. The van der Waals surface area contributed by atoms with Crippen molar-refractivity contribution in [3.05, 3.63) is 84.2 Å². The molecule has 0 fully saturated rings. The molecule has 0 spiro atoms. The van der Waals surface area contributed by atoms with Crippen molar-refractivity contribution in [2.24, 2.45) is 0 Å². The lowest BCUT2D eigenvalue weighted by Gasteiger charge is -2.09. The molecule has 6 heteroatoms. The van der Waals surface area contributed by atoms with Gasteiger partial charge in [-0.3, -0.25) is 4.79 Å². The molecule has 0 radical (unpaired) electrons. The molecule has 2 aromatic rings. The van der Waals surface area contributed by atoms with E-state index in [9.17, 15) is 14.7 Å². The van der Waals surface area contributed by atoms with Gasteiger partial charge < -0.3 is 10.4 Å². The third kappa shape index (κ3) is 4.80. The highest BCUT2D eigenvalue weighted by atomic mass is 16.4. The number of carbonyl (C=O) groups is 2. The minimum atomic E-state index is -1.05. The van der Waals surface area contributed by atoms with Gasteiger partial charge in [0.25, 0.3) is 0 Å². The molecule has 0 unspecified atom stereocenters. The van der Waals surface area contributed by atoms with Crippen LogP contribution in [0.15, 0.2) is 67.3 Å². The quantitative estimate of drug-likeness (QED) is 0.716. The van der Waals surface area contributed by atoms with Crippen LogP contribution in [0.2, 0.25) is 0 Å². The topological polar surface area (TPSA) is 84.2 Å². The molecule has 1 aromatic heterocycles. The third-order valence-corrected chi connectivity index (χ3v) is 3.65. The molecule has 1 amide bonds. The average molecular weight is 351 g/mol. The first-order valence-corrected chi connectivity index (χ1v) is 8.04. The highest BCUT2D eigenvalue weighted by Crippen LogP contribution is 2.15. The summed E-state index contributed by atoms with van der Waals surface area (Å²) in [4.78, 5) is 23.4. The van der Waals surface area contributed by atoms with E-state index in [1.165, 1.54) is 10.7 Å². The van der Waals surface area contributed by atoms with Crippen molar-refractivity contribution in [1.29, 1.82) is 0 Å². The number of aryl methyl sites for hydroxylation is 1. The van der Waals surface area contributed by atoms with E-state index in [4.69, 9.17) is 0 Å². The van der Waals surface area contributed by atoms with Crippen molar-refractivity contribution in [2.45, 2.75) is 19.9 Å². The molecule has 1 heterocycles. The zero-order chi connectivity index (χ0) is 19.1. The number of benzene rings is 1. The molecule has 2 rings (SSSR count). The first-order chi connectivity index (χ1) is 12.4. The fraction of sp³-hybridized carbons (Fsp3) is 0.150. The minimum Gasteiger partial charge on any atom is -0.477 e. The Labute approximate surface area is 152 Å². The standard InChI is InChI=1S/C20H21N3O3/c1-4-7-15(5-2)12-19(24)21-13-16-8-6-9-17(11-16)23-18(20(25)26)10-14(3)22-23/h4-11H,1-2,12-13H2,3H3,(H,21,24)(H,25,26)/b15-7+. The SMILES string of the molecule is C=C/C=C(\C=C)CC(=O)NCc1cccc(-n2nc(C)cc2C(=O)O)c1. The van der Waals surface area contributed by atoms with Crippen molar-refractivity contribution in [3.63, 3.8) is 0 Å². The van der Waals surface area contributed by atoms with E-state index < -0.39 is 5.97 Å². The van der Waals surface area contributed by atoms with Crippen LogP contribution in [0.1, 0.15) is 28.2 Å². The van der Waals surface area contributed by atoms with E-state index in [0.29, 0.717) is 17.9 Å². The van der Waals surface area contributed by atoms with Crippen LogP contribution in [0.4, 0.5) is 0 Å². The normalized spacial score (nSPS) is 11.0. The fourth-order valence-electron chi connectivity index (χ4n) is 2.45. The predicted molar refractivity (Wildman–Crippen MR) is 100 cm³/mol. The number of nitrogens with zero attached hydrogens (tertiary/aromatic N) is 2. The molecule has 0 aliphatic rings. The molecule has 26 heavy (non-hydrogen) atoms. The molecule has 2 N–H and O–H groups in total. The molecule has 0 saturated heterocycles. The van der Waals surface area contributed by atoms with Crippen molar-refractivity contribution in [2.75, 3.05) is 0 Å². The Hall–Kier alpha value is -3.41. The molecular weight excluding hydrogens is 330 g/mol. The van der Waals surface area contributed by atoms with Crippen molar-refractivity contribution in [1.82, 2.24) is 15.1 Å². The second-order valence-electron chi connectivity index (χ2n) is 5.69. The van der Waals surface area contributed by atoms with Gasteiger partial charge in [-0.05, 0) is 36.3 Å². The maximum atomic E-state index is 12.0. The molecular formula is C20H21N3O3. The van der Waals surface area contributed by atoms with Gasteiger partial charge in [0, 0.05) is 6.54 Å². The van der Waals surface area contributed by atoms with E-state index in [1.54, 1.807) is 43.4 Å². The van der Waals surface area contributed by atoms with Crippen LogP contribution in [0, 0.1) is 6.92 Å². The van der Waals surface area contributed by atoms with Gasteiger partial charge in [0.15, 0.2) is 5.69 Å². The number of carbonyl (C=O) groups excluding carboxylic acids is 1. The van der Waals surface area contributed by atoms with Gasteiger partial charge in [-0.25, -0.2) is 9.48 Å². The number of hydrogen-bond donors (Lipinski definition) is 2. The molecule has 0 atom stereocenters. The summed E-state index contributed by atoms with van der Waals surface area (Å²) < 4.78 is 1.38. The first kappa shape index (κ1) is 18.9. The number of carboxylic acid groups (broad SMARTS) is 1. The summed E-state index contributed by atoms with van der Waals surface area (Å²) in [6.45, 7) is 9.33. The molecule has 0 bridgehead atoms. The minimum absolute atomic E-state index is 0.0915. The lowest BCUT2D eigenvalue weighted by atomic mass is 10.1. The summed E-state index contributed by atoms with van der Waals surface area (Å²) in [5, 5.41) is 16.4. The highest BCUT2D eigenvalue weighted by molar-refractivity contribution is 5.86. The summed E-state index contributed by atoms with van der Waals surface area (Å²) >= 11 is 0. The monoisotopic (exact) mass is 351 g/mol. The van der Waals surface area contributed by atoms with Crippen LogP contribution >= 0.6 is 0 Å². The van der Waals surface area contributed by atoms with Crippen LogP contribution in [0.25, 0.3) is 5.69 Å². The van der Waals surface area contributed by atoms with Gasteiger partial charge in [-0.2, -0.15) is 5.10 Å². The number of allylic oxidation sites excluding steroid dienone is 3. The van der Waals surface area contributed by atoms with Crippen LogP contribution in [0.3, 0.4) is 0 Å². The molecule has 0 aliphatic heterocycles. The maximum absolute atomic E-state index is 12.0. The lowest BCUT2D eigenvalue weighted by Crippen LogP contribution is -2.22. The number of amides is 1. The number of nitrogens with one attached hydrogen (secondary N) is 1. The highest BCUT2D eigenvalue weighted by Gasteiger charge is 2.14. The Morgan fingerprint density at radius 2 is 2.08 bits per heavy atom. The van der Waals surface area contributed by atoms with Crippen LogP contribution in [-0.2, 0) is 11.3 Å². The Balaban J connectivity index is 2.12. The molecule has 1 aromatic carbocycles. The molecule has 0 aliphatic carbocycles. The number of aromatic nitrogens is 2. The van der Waals surface area contributed by atoms with Gasteiger partial charge in [0.1, 0.15) is 0 Å². The predicted octanol–water partition coefficient (Wildman–Crippen LogP) is 3.18. The Morgan fingerprint density at radius 3 is 2.73 bits per heavy atom. The van der Waals surface area contributed by atoms with Crippen molar-refractivity contribution >= 4 is 11.9 Å². The number of rotatable bonds is 8. The molecule has 134 valence electrons. The van der Waals surface area contributed by atoms with Gasteiger partial charge in [0.05, 0.1) is 17.8 Å². The Morgan fingerprint density at radius 1 is 1.31 bits per heavy atom. The van der Waals surface area contributed by atoms with E-state index in [2.05, 4.69) is 23.6 Å². The largest absolute Gasteiger partial charge is 0.477 e. The average Bonchev–Trinajstić information content (AvgIpc) is 3.02. The second kappa shape index (κ2) is 8.62. The van der Waals surface area contributed by atoms with Gasteiger partial charge in [-0.15, -0.1) is 0 Å². The third-order valence-electron chi connectivity index (χ3n) is 3.65. The fourth-order valence-corrected chi connectivity index (χ4v) is 2.45. The Bertz CT molecular complexity index is 878. The zero-order valence-electron chi connectivity index (χ0n) is 14.6. The van der Waals surface area contributed by atoms with Crippen molar-refractivity contribution < 1.29 is 14.7 Å². The number of aromatic carboxylic acids is 1. The van der Waals surface area contributed by atoms with Gasteiger partial charge in [0.2, 0.25) is 5.91 Å². The van der Waals surface area contributed by atoms with Crippen molar-refractivity contribution in [3.8, 4) is 5.69 Å². The summed E-state index contributed by atoms with van der Waals surface area (Å²) in [5.41, 5.74) is 2.96. The Kier molecular flexibility index (Phi) is 6.27. The first-order valence-electron chi connectivity index (χ1n) is 8.04. The smallest absolute Gasteiger partial charge is 0.354 e. The van der Waals surface area contributed by atoms with Crippen LogP contribution in [-0.4, -0.2) is 26.8 Å². The summed E-state index contributed by atoms with van der Waals surface area (Å²) in [6.07, 6.45) is 5.19. The van der Waals surface area contributed by atoms with Crippen LogP contribution in [0.5, 0.6) is 0 Å². The maximum Gasteiger partial charge on any atom is 0.354 e. The van der Waals surface area contributed by atoms with E-state index in [1.807, 2.05) is 6.07 Å². The summed E-state index contributed by atoms with van der Waals surface area (Å²) in [7, 11) is 0. The zero-order valence-corrected chi connectivity index (χ0v) is 14.6. The van der Waals surface area contributed by atoms with E-state index in [-0.39, 0.29) is 18.0 Å². The van der Waals surface area contributed by atoms with Gasteiger partial charge >= 0.3 is 5.97 Å². The van der Waals surface area contributed by atoms with E-state index in [0.717, 1.165) is 11.1 Å². The molecule has 0 saturated carbocycles. The van der Waals surface area contributed by atoms with E-state index >= 15 is 0 Å². The van der Waals surface area contributed by atoms with Crippen LogP contribution < -0.4 is 5.32 Å². The second-order valence-corrected chi connectivity index (χ2v) is 5.69.